The highest BCUT2D eigenvalue weighted by molar-refractivity contribution is 5.43. The second-order valence-corrected chi connectivity index (χ2v) is 6.67. The zero-order chi connectivity index (χ0) is 20.6. The highest BCUT2D eigenvalue weighted by Crippen LogP contribution is 2.32. The van der Waals surface area contributed by atoms with Gasteiger partial charge in [-0.1, -0.05) is 25.1 Å². The Morgan fingerprint density at radius 3 is 2.62 bits per heavy atom. The summed E-state index contributed by atoms with van der Waals surface area (Å²) >= 11 is 0. The van der Waals surface area contributed by atoms with Crippen LogP contribution in [0.5, 0.6) is 23.3 Å². The summed E-state index contributed by atoms with van der Waals surface area (Å²) in [4.78, 5) is 4.42. The number of aryl methyl sites for hydroxylation is 2. The topological polar surface area (TPSA) is 70.4 Å². The van der Waals surface area contributed by atoms with E-state index >= 15 is 0 Å². The lowest BCUT2D eigenvalue weighted by molar-refractivity contribution is 0.300. The number of pyridine rings is 1. The Balaban J connectivity index is 1.70. The van der Waals surface area contributed by atoms with E-state index in [9.17, 15) is 0 Å². The molecule has 1 aromatic carbocycles. The average molecular weight is 396 g/mol. The molecule has 7 heteroatoms. The van der Waals surface area contributed by atoms with E-state index in [1.54, 1.807) is 18.0 Å². The van der Waals surface area contributed by atoms with Crippen molar-refractivity contribution in [2.75, 3.05) is 13.7 Å². The van der Waals surface area contributed by atoms with Crippen molar-refractivity contribution in [3.8, 4) is 23.3 Å². The first kappa shape index (κ1) is 20.7. The summed E-state index contributed by atoms with van der Waals surface area (Å²) in [5, 5.41) is 7.85. The average Bonchev–Trinajstić information content (AvgIpc) is 3.01. The molecule has 0 amide bonds. The van der Waals surface area contributed by atoms with E-state index in [1.165, 1.54) is 0 Å². The predicted octanol–water partition coefficient (Wildman–Crippen LogP) is 4.00. The van der Waals surface area contributed by atoms with E-state index < -0.39 is 0 Å². The first-order valence-electron chi connectivity index (χ1n) is 9.74. The first-order chi connectivity index (χ1) is 14.1. The lowest BCUT2D eigenvalue weighted by Gasteiger charge is -2.14. The molecule has 1 N–H and O–H groups in total. The van der Waals surface area contributed by atoms with Gasteiger partial charge in [0.1, 0.15) is 0 Å². The van der Waals surface area contributed by atoms with Crippen molar-refractivity contribution in [1.29, 1.82) is 0 Å². The standard InChI is InChI=1S/C22H28N4O3/c1-5-13-28-19-10-6-7-11-20(19)29-21-17(9-8-12-24-21)14-23-15-18-16(2)25-26(3)22(18)27-4/h6-12,23H,5,13-15H2,1-4H3. The van der Waals surface area contributed by atoms with Gasteiger partial charge < -0.3 is 19.5 Å². The quantitative estimate of drug-likeness (QED) is 0.558. The van der Waals surface area contributed by atoms with Crippen LogP contribution in [0.2, 0.25) is 0 Å². The van der Waals surface area contributed by atoms with Crippen molar-refractivity contribution < 1.29 is 14.2 Å². The third kappa shape index (κ3) is 5.06. The summed E-state index contributed by atoms with van der Waals surface area (Å²) in [6, 6.07) is 11.6. The molecule has 2 aromatic heterocycles. The van der Waals surface area contributed by atoms with Crippen LogP contribution in [0.15, 0.2) is 42.6 Å². The van der Waals surface area contributed by atoms with Gasteiger partial charge in [0.05, 0.1) is 25.0 Å². The molecule has 0 saturated carbocycles. The normalized spacial score (nSPS) is 10.8. The van der Waals surface area contributed by atoms with Gasteiger partial charge in [-0.2, -0.15) is 5.10 Å². The van der Waals surface area contributed by atoms with Crippen LogP contribution >= 0.6 is 0 Å². The molecule has 0 aliphatic heterocycles. The second-order valence-electron chi connectivity index (χ2n) is 6.67. The molecule has 0 fully saturated rings. The van der Waals surface area contributed by atoms with E-state index in [-0.39, 0.29) is 0 Å². The third-order valence-corrected chi connectivity index (χ3v) is 4.47. The highest BCUT2D eigenvalue weighted by Gasteiger charge is 2.14. The number of nitrogens with one attached hydrogen (secondary N) is 1. The van der Waals surface area contributed by atoms with Gasteiger partial charge in [0.15, 0.2) is 11.5 Å². The molecule has 2 heterocycles. The maximum Gasteiger partial charge on any atom is 0.223 e. The first-order valence-corrected chi connectivity index (χ1v) is 9.74. The maximum atomic E-state index is 6.10. The summed E-state index contributed by atoms with van der Waals surface area (Å²) < 4.78 is 19.1. The molecule has 3 aromatic rings. The fourth-order valence-corrected chi connectivity index (χ4v) is 3.08. The smallest absolute Gasteiger partial charge is 0.223 e. The minimum Gasteiger partial charge on any atom is -0.490 e. The molecule has 0 radical (unpaired) electrons. The maximum absolute atomic E-state index is 6.10. The molecule has 29 heavy (non-hydrogen) atoms. The molecule has 0 saturated heterocycles. The van der Waals surface area contributed by atoms with Crippen LogP contribution < -0.4 is 19.5 Å². The fourth-order valence-electron chi connectivity index (χ4n) is 3.08. The summed E-state index contributed by atoms with van der Waals surface area (Å²) in [5.74, 6) is 2.70. The van der Waals surface area contributed by atoms with Gasteiger partial charge in [-0.15, -0.1) is 0 Å². The Bertz CT molecular complexity index is 940. The number of benzene rings is 1. The Morgan fingerprint density at radius 1 is 1.07 bits per heavy atom. The molecular weight excluding hydrogens is 368 g/mol. The van der Waals surface area contributed by atoms with Gasteiger partial charge in [0.25, 0.3) is 0 Å². The van der Waals surface area contributed by atoms with Crippen molar-refractivity contribution in [3.63, 3.8) is 0 Å². The molecule has 0 atom stereocenters. The monoisotopic (exact) mass is 396 g/mol. The number of ether oxygens (including phenoxy) is 3. The van der Waals surface area contributed by atoms with Crippen LogP contribution in [0.4, 0.5) is 0 Å². The van der Waals surface area contributed by atoms with Crippen molar-refractivity contribution >= 4 is 0 Å². The van der Waals surface area contributed by atoms with Crippen molar-refractivity contribution in [3.05, 3.63) is 59.4 Å². The number of rotatable bonds is 10. The van der Waals surface area contributed by atoms with Crippen molar-refractivity contribution in [1.82, 2.24) is 20.1 Å². The van der Waals surface area contributed by atoms with E-state index in [0.29, 0.717) is 31.3 Å². The fraction of sp³-hybridized carbons (Fsp3) is 0.364. The lowest BCUT2D eigenvalue weighted by Crippen LogP contribution is -2.14. The lowest BCUT2D eigenvalue weighted by atomic mass is 10.2. The molecular formula is C22H28N4O3. The number of nitrogens with zero attached hydrogens (tertiary/aromatic N) is 3. The van der Waals surface area contributed by atoms with Gasteiger partial charge in [-0.05, 0) is 31.5 Å². The Hall–Kier alpha value is -3.06. The number of methoxy groups -OCH3 is 1. The van der Waals surface area contributed by atoms with Gasteiger partial charge in [0.2, 0.25) is 11.8 Å². The molecule has 0 aliphatic carbocycles. The number of hydrogen-bond acceptors (Lipinski definition) is 6. The van der Waals surface area contributed by atoms with Gasteiger partial charge >= 0.3 is 0 Å². The van der Waals surface area contributed by atoms with E-state index in [0.717, 1.165) is 34.9 Å². The Kier molecular flexibility index (Phi) is 7.08. The van der Waals surface area contributed by atoms with Crippen LogP contribution in [0.25, 0.3) is 0 Å². The minimum atomic E-state index is 0.558. The summed E-state index contributed by atoms with van der Waals surface area (Å²) in [7, 11) is 3.53. The third-order valence-electron chi connectivity index (χ3n) is 4.47. The van der Waals surface area contributed by atoms with Crippen molar-refractivity contribution in [2.45, 2.75) is 33.4 Å². The molecule has 0 unspecified atom stereocenters. The summed E-state index contributed by atoms with van der Waals surface area (Å²) in [5.41, 5.74) is 2.94. The van der Waals surface area contributed by atoms with Crippen LogP contribution in [-0.2, 0) is 20.1 Å². The van der Waals surface area contributed by atoms with Gasteiger partial charge in [-0.25, -0.2) is 9.67 Å². The SMILES string of the molecule is CCCOc1ccccc1Oc1ncccc1CNCc1c(C)nn(C)c1OC. The molecule has 7 nitrogen and oxygen atoms in total. The van der Waals surface area contributed by atoms with E-state index in [4.69, 9.17) is 14.2 Å². The summed E-state index contributed by atoms with van der Waals surface area (Å²) in [6.07, 6.45) is 2.66. The molecule has 0 aliphatic rings. The van der Waals surface area contributed by atoms with Crippen LogP contribution in [0.1, 0.15) is 30.2 Å². The number of aromatic nitrogens is 3. The van der Waals surface area contributed by atoms with Gasteiger partial charge in [0, 0.05) is 31.9 Å². The predicted molar refractivity (Wildman–Crippen MR) is 112 cm³/mol. The van der Waals surface area contributed by atoms with Gasteiger partial charge in [-0.3, -0.25) is 0 Å². The zero-order valence-electron chi connectivity index (χ0n) is 17.4. The Morgan fingerprint density at radius 2 is 1.86 bits per heavy atom. The zero-order valence-corrected chi connectivity index (χ0v) is 17.4. The molecule has 154 valence electrons. The van der Waals surface area contributed by atoms with Crippen molar-refractivity contribution in [2.24, 2.45) is 7.05 Å². The van der Waals surface area contributed by atoms with Crippen LogP contribution in [-0.4, -0.2) is 28.5 Å². The highest BCUT2D eigenvalue weighted by atomic mass is 16.5. The minimum absolute atomic E-state index is 0.558. The second kappa shape index (κ2) is 9.93. The van der Waals surface area contributed by atoms with Crippen LogP contribution in [0, 0.1) is 6.92 Å². The molecule has 0 spiro atoms. The van der Waals surface area contributed by atoms with E-state index in [1.807, 2.05) is 50.4 Å². The largest absolute Gasteiger partial charge is 0.490 e. The number of para-hydroxylation sites is 2. The van der Waals surface area contributed by atoms with Crippen LogP contribution in [0.3, 0.4) is 0 Å². The summed E-state index contributed by atoms with van der Waals surface area (Å²) in [6.45, 7) is 5.92. The van der Waals surface area contributed by atoms with E-state index in [2.05, 4.69) is 22.3 Å². The molecule has 0 bridgehead atoms. The molecule has 3 rings (SSSR count). The Labute approximate surface area is 171 Å². The number of hydrogen-bond donors (Lipinski definition) is 1.